The first-order chi connectivity index (χ1) is 13.7. The number of hydrogen-bond donors (Lipinski definition) is 1. The summed E-state index contributed by atoms with van der Waals surface area (Å²) in [5, 5.41) is 4.48. The van der Waals surface area contributed by atoms with Gasteiger partial charge in [0, 0.05) is 37.4 Å². The summed E-state index contributed by atoms with van der Waals surface area (Å²) in [7, 11) is 0. The first-order valence-electron chi connectivity index (χ1n) is 9.95. The molecule has 0 saturated heterocycles. The fourth-order valence-electron chi connectivity index (χ4n) is 3.29. The highest BCUT2D eigenvalue weighted by Crippen LogP contribution is 2.26. The minimum Gasteiger partial charge on any atom is -0.457 e. The van der Waals surface area contributed by atoms with E-state index in [1.165, 1.54) is 12.8 Å². The molecule has 1 aliphatic rings. The van der Waals surface area contributed by atoms with Crippen LogP contribution in [0, 0.1) is 0 Å². The zero-order chi connectivity index (χ0) is 19.3. The molecule has 1 aliphatic carbocycles. The summed E-state index contributed by atoms with van der Waals surface area (Å²) in [6.07, 6.45) is 2.40. The van der Waals surface area contributed by atoms with Gasteiger partial charge >= 0.3 is 0 Å². The Labute approximate surface area is 164 Å². The molecule has 5 nitrogen and oxygen atoms in total. The molecule has 1 fully saturated rings. The quantitative estimate of drug-likeness (QED) is 0.570. The van der Waals surface area contributed by atoms with Crippen molar-refractivity contribution in [3.8, 4) is 11.5 Å². The van der Waals surface area contributed by atoms with Crippen LogP contribution in [0.3, 0.4) is 0 Å². The molecule has 0 spiro atoms. The standard InChI is InChI=1S/C23H26N2O3/c1-2-27-13-12-25-22-15-21(28-20-6-4-3-5-7-20)11-8-17(22)14-18(23(25)26)16-24-19-9-10-19/h3-8,11,14-15,19,24H,2,9-10,12-13,16H2,1H3. The molecule has 28 heavy (non-hydrogen) atoms. The number of ether oxygens (including phenoxy) is 2. The second-order valence-corrected chi connectivity index (χ2v) is 7.11. The molecule has 4 rings (SSSR count). The maximum absolute atomic E-state index is 13.1. The molecule has 5 heteroatoms. The number of hydrogen-bond acceptors (Lipinski definition) is 4. The maximum Gasteiger partial charge on any atom is 0.255 e. The lowest BCUT2D eigenvalue weighted by molar-refractivity contribution is 0.139. The van der Waals surface area contributed by atoms with Crippen molar-refractivity contribution in [1.29, 1.82) is 0 Å². The summed E-state index contributed by atoms with van der Waals surface area (Å²) in [5.41, 5.74) is 1.71. The summed E-state index contributed by atoms with van der Waals surface area (Å²) in [5.74, 6) is 1.49. The van der Waals surface area contributed by atoms with Gasteiger partial charge in [-0.1, -0.05) is 18.2 Å². The Bertz CT molecular complexity index is 994. The van der Waals surface area contributed by atoms with Crippen LogP contribution < -0.4 is 15.6 Å². The molecular weight excluding hydrogens is 352 g/mol. The molecule has 1 aromatic heterocycles. The van der Waals surface area contributed by atoms with Crippen molar-refractivity contribution in [3.63, 3.8) is 0 Å². The van der Waals surface area contributed by atoms with Gasteiger partial charge in [0.15, 0.2) is 0 Å². The van der Waals surface area contributed by atoms with Gasteiger partial charge in [-0.05, 0) is 55.5 Å². The zero-order valence-corrected chi connectivity index (χ0v) is 16.2. The van der Waals surface area contributed by atoms with Crippen molar-refractivity contribution in [2.75, 3.05) is 13.2 Å². The van der Waals surface area contributed by atoms with Gasteiger partial charge in [0.2, 0.25) is 0 Å². The highest BCUT2D eigenvalue weighted by molar-refractivity contribution is 5.81. The van der Waals surface area contributed by atoms with Gasteiger partial charge in [-0.2, -0.15) is 0 Å². The van der Waals surface area contributed by atoms with Crippen LogP contribution in [0.2, 0.25) is 0 Å². The normalized spacial score (nSPS) is 13.8. The Hall–Kier alpha value is -2.63. The topological polar surface area (TPSA) is 52.5 Å². The van der Waals surface area contributed by atoms with Gasteiger partial charge in [0.1, 0.15) is 11.5 Å². The van der Waals surface area contributed by atoms with Crippen molar-refractivity contribution in [2.24, 2.45) is 0 Å². The van der Waals surface area contributed by atoms with E-state index in [-0.39, 0.29) is 5.56 Å². The number of nitrogens with zero attached hydrogens (tertiary/aromatic N) is 1. The van der Waals surface area contributed by atoms with Gasteiger partial charge in [-0.3, -0.25) is 4.79 Å². The van der Waals surface area contributed by atoms with E-state index in [1.54, 1.807) is 0 Å². The summed E-state index contributed by atoms with van der Waals surface area (Å²) in [6.45, 7) is 4.24. The number of nitrogens with one attached hydrogen (secondary N) is 1. The van der Waals surface area contributed by atoms with Crippen molar-refractivity contribution < 1.29 is 9.47 Å². The molecule has 0 unspecified atom stereocenters. The first kappa shape index (κ1) is 18.7. The van der Waals surface area contributed by atoms with Crippen LogP contribution in [0.1, 0.15) is 25.3 Å². The van der Waals surface area contributed by atoms with E-state index in [0.717, 1.165) is 22.2 Å². The molecule has 146 valence electrons. The van der Waals surface area contributed by atoms with Gasteiger partial charge in [0.25, 0.3) is 5.56 Å². The Morgan fingerprint density at radius 2 is 1.89 bits per heavy atom. The van der Waals surface area contributed by atoms with E-state index in [0.29, 0.717) is 38.1 Å². The fourth-order valence-corrected chi connectivity index (χ4v) is 3.29. The Kier molecular flexibility index (Phi) is 5.74. The molecule has 1 N–H and O–H groups in total. The molecular formula is C23H26N2O3. The second kappa shape index (κ2) is 8.59. The van der Waals surface area contributed by atoms with Gasteiger partial charge in [-0.15, -0.1) is 0 Å². The van der Waals surface area contributed by atoms with Crippen LogP contribution in [-0.2, 0) is 17.8 Å². The lowest BCUT2D eigenvalue weighted by atomic mass is 10.1. The van der Waals surface area contributed by atoms with Crippen molar-refractivity contribution in [3.05, 3.63) is 70.5 Å². The smallest absolute Gasteiger partial charge is 0.255 e. The average molecular weight is 378 g/mol. The predicted molar refractivity (Wildman–Crippen MR) is 111 cm³/mol. The molecule has 0 atom stereocenters. The lowest BCUT2D eigenvalue weighted by Gasteiger charge is -2.15. The minimum absolute atomic E-state index is 0.0391. The van der Waals surface area contributed by atoms with Crippen LogP contribution in [0.5, 0.6) is 11.5 Å². The molecule has 3 aromatic rings. The molecule has 2 aromatic carbocycles. The summed E-state index contributed by atoms with van der Waals surface area (Å²) >= 11 is 0. The van der Waals surface area contributed by atoms with Crippen LogP contribution in [0.4, 0.5) is 0 Å². The van der Waals surface area contributed by atoms with E-state index in [1.807, 2.05) is 66.1 Å². The molecule has 0 amide bonds. The SMILES string of the molecule is CCOCCn1c(=O)c(CNC2CC2)cc2ccc(Oc3ccccc3)cc21. The number of benzene rings is 2. The Balaban J connectivity index is 1.69. The van der Waals surface area contributed by atoms with E-state index in [2.05, 4.69) is 5.32 Å². The average Bonchev–Trinajstić information content (AvgIpc) is 3.54. The largest absolute Gasteiger partial charge is 0.457 e. The maximum atomic E-state index is 13.1. The summed E-state index contributed by atoms with van der Waals surface area (Å²) in [4.78, 5) is 13.1. The number of fused-ring (bicyclic) bond motifs is 1. The first-order valence-corrected chi connectivity index (χ1v) is 9.95. The van der Waals surface area contributed by atoms with Crippen molar-refractivity contribution in [1.82, 2.24) is 9.88 Å². The molecule has 0 radical (unpaired) electrons. The minimum atomic E-state index is 0.0391. The third kappa shape index (κ3) is 4.43. The third-order valence-corrected chi connectivity index (χ3v) is 4.94. The van der Waals surface area contributed by atoms with Crippen molar-refractivity contribution >= 4 is 10.9 Å². The molecule has 1 saturated carbocycles. The number of para-hydroxylation sites is 1. The van der Waals surface area contributed by atoms with E-state index in [4.69, 9.17) is 9.47 Å². The van der Waals surface area contributed by atoms with Crippen molar-refractivity contribution in [2.45, 2.75) is 38.9 Å². The monoisotopic (exact) mass is 378 g/mol. The lowest BCUT2D eigenvalue weighted by Crippen LogP contribution is -2.29. The molecule has 0 aliphatic heterocycles. The van der Waals surface area contributed by atoms with E-state index >= 15 is 0 Å². The highest BCUT2D eigenvalue weighted by atomic mass is 16.5. The number of aromatic nitrogens is 1. The highest BCUT2D eigenvalue weighted by Gasteiger charge is 2.21. The summed E-state index contributed by atoms with van der Waals surface area (Å²) in [6, 6.07) is 18.1. The van der Waals surface area contributed by atoms with Crippen LogP contribution in [0.25, 0.3) is 10.9 Å². The molecule has 1 heterocycles. The predicted octanol–water partition coefficient (Wildman–Crippen LogP) is 4.08. The number of rotatable bonds is 9. The van der Waals surface area contributed by atoms with Gasteiger partial charge < -0.3 is 19.4 Å². The Morgan fingerprint density at radius 1 is 1.07 bits per heavy atom. The molecule has 0 bridgehead atoms. The van der Waals surface area contributed by atoms with Crippen LogP contribution in [-0.4, -0.2) is 23.8 Å². The second-order valence-electron chi connectivity index (χ2n) is 7.11. The summed E-state index contributed by atoms with van der Waals surface area (Å²) < 4.78 is 13.3. The van der Waals surface area contributed by atoms with Gasteiger partial charge in [-0.25, -0.2) is 0 Å². The zero-order valence-electron chi connectivity index (χ0n) is 16.2. The van der Waals surface area contributed by atoms with Crippen LogP contribution in [0.15, 0.2) is 59.4 Å². The van der Waals surface area contributed by atoms with E-state index in [9.17, 15) is 4.79 Å². The Morgan fingerprint density at radius 3 is 2.64 bits per heavy atom. The van der Waals surface area contributed by atoms with Gasteiger partial charge in [0.05, 0.1) is 12.1 Å². The fraction of sp³-hybridized carbons (Fsp3) is 0.348. The third-order valence-electron chi connectivity index (χ3n) is 4.94. The van der Waals surface area contributed by atoms with E-state index < -0.39 is 0 Å². The van der Waals surface area contributed by atoms with Crippen LogP contribution >= 0.6 is 0 Å². The number of pyridine rings is 1.